The summed E-state index contributed by atoms with van der Waals surface area (Å²) in [4.78, 5) is 5.07. The first kappa shape index (κ1) is 19.4. The Hall–Kier alpha value is -1.37. The van der Waals surface area contributed by atoms with E-state index in [4.69, 9.17) is 0 Å². The number of likely N-dealkylation sites (tertiary alicyclic amines) is 1. The van der Waals surface area contributed by atoms with Crippen LogP contribution in [0.1, 0.15) is 57.9 Å². The highest BCUT2D eigenvalue weighted by Crippen LogP contribution is 2.51. The summed E-state index contributed by atoms with van der Waals surface area (Å²) in [6, 6.07) is 13.5. The largest absolute Gasteiger partial charge is 0.303 e. The Morgan fingerprint density at radius 3 is 2.31 bits per heavy atom. The molecular weight excluding hydrogens is 318 g/mol. The van der Waals surface area contributed by atoms with Gasteiger partial charge in [0, 0.05) is 12.1 Å². The number of hydrogen-bond donors (Lipinski definition) is 0. The average molecular weight is 354 g/mol. The molecule has 1 heterocycles. The Bertz CT molecular complexity index is 633. The maximum atomic E-state index is 9.25. The molecule has 1 aliphatic heterocycles. The monoisotopic (exact) mass is 353 g/mol. The van der Waals surface area contributed by atoms with Crippen molar-refractivity contribution in [3.05, 3.63) is 35.9 Å². The fourth-order valence-corrected chi connectivity index (χ4v) is 5.06. The van der Waals surface area contributed by atoms with Gasteiger partial charge in [0.25, 0.3) is 0 Å². The molecule has 1 aromatic carbocycles. The van der Waals surface area contributed by atoms with Crippen molar-refractivity contribution >= 4 is 0 Å². The van der Waals surface area contributed by atoms with Crippen LogP contribution < -0.4 is 0 Å². The molecule has 1 spiro atoms. The molecule has 1 saturated heterocycles. The molecule has 3 rings (SSSR count). The molecule has 1 aromatic rings. The molecule has 3 nitrogen and oxygen atoms in total. The molecule has 0 unspecified atom stereocenters. The lowest BCUT2D eigenvalue weighted by atomic mass is 9.64. The quantitative estimate of drug-likeness (QED) is 0.772. The normalized spacial score (nSPS) is 30.0. The van der Waals surface area contributed by atoms with Crippen molar-refractivity contribution in [3.8, 4) is 6.07 Å². The predicted octanol–water partition coefficient (Wildman–Crippen LogP) is 4.65. The van der Waals surface area contributed by atoms with Gasteiger partial charge in [-0.15, -0.1) is 0 Å². The van der Waals surface area contributed by atoms with E-state index >= 15 is 0 Å². The molecule has 0 aromatic heterocycles. The van der Waals surface area contributed by atoms with E-state index in [1.54, 1.807) is 0 Å². The lowest BCUT2D eigenvalue weighted by Gasteiger charge is -2.49. The van der Waals surface area contributed by atoms with Crippen LogP contribution in [0.5, 0.6) is 0 Å². The molecule has 0 atom stereocenters. The standard InChI is InChI=1S/C23H35N3/c1-21(2,18-24)14-16-26-17-15-22(19-26)10-12-23(13-11-22,25(3)4)20-8-6-5-7-9-20/h5-9H,10-17,19H2,1-4H3. The first-order valence-corrected chi connectivity index (χ1v) is 10.2. The fraction of sp³-hybridized carbons (Fsp3) is 0.696. The van der Waals surface area contributed by atoms with Crippen molar-refractivity contribution < 1.29 is 0 Å². The minimum Gasteiger partial charge on any atom is -0.303 e. The Balaban J connectivity index is 1.64. The number of nitrogens with zero attached hydrogens (tertiary/aromatic N) is 3. The zero-order valence-electron chi connectivity index (χ0n) is 17.1. The van der Waals surface area contributed by atoms with E-state index in [0.29, 0.717) is 5.41 Å². The highest BCUT2D eigenvalue weighted by molar-refractivity contribution is 5.26. The van der Waals surface area contributed by atoms with Crippen LogP contribution in [-0.2, 0) is 5.54 Å². The summed E-state index contributed by atoms with van der Waals surface area (Å²) in [6.07, 6.45) is 7.45. The first-order chi connectivity index (χ1) is 12.3. The molecule has 142 valence electrons. The van der Waals surface area contributed by atoms with Crippen molar-refractivity contribution in [1.82, 2.24) is 9.80 Å². The van der Waals surface area contributed by atoms with Crippen LogP contribution >= 0.6 is 0 Å². The molecular formula is C23H35N3. The molecule has 1 saturated carbocycles. The zero-order valence-corrected chi connectivity index (χ0v) is 17.1. The van der Waals surface area contributed by atoms with Gasteiger partial charge < -0.3 is 4.90 Å². The minimum absolute atomic E-state index is 0.197. The zero-order chi connectivity index (χ0) is 18.8. The summed E-state index contributed by atoms with van der Waals surface area (Å²) < 4.78 is 0. The predicted molar refractivity (Wildman–Crippen MR) is 108 cm³/mol. The van der Waals surface area contributed by atoms with Gasteiger partial charge in [-0.3, -0.25) is 4.90 Å². The topological polar surface area (TPSA) is 30.3 Å². The van der Waals surface area contributed by atoms with E-state index in [1.807, 2.05) is 0 Å². The maximum Gasteiger partial charge on any atom is 0.0684 e. The summed E-state index contributed by atoms with van der Waals surface area (Å²) in [6.45, 7) is 7.63. The van der Waals surface area contributed by atoms with Crippen LogP contribution in [0.4, 0.5) is 0 Å². The van der Waals surface area contributed by atoms with Crippen molar-refractivity contribution in [2.75, 3.05) is 33.7 Å². The summed E-state index contributed by atoms with van der Waals surface area (Å²) in [7, 11) is 4.49. The Kier molecular flexibility index (Phi) is 5.47. The highest BCUT2D eigenvalue weighted by Gasteiger charge is 2.47. The van der Waals surface area contributed by atoms with Gasteiger partial charge in [-0.2, -0.15) is 5.26 Å². The van der Waals surface area contributed by atoms with Crippen LogP contribution in [0, 0.1) is 22.2 Å². The van der Waals surface area contributed by atoms with Crippen molar-refractivity contribution in [2.45, 2.75) is 57.9 Å². The van der Waals surface area contributed by atoms with Gasteiger partial charge in [-0.05, 0) is 90.5 Å². The molecule has 2 fully saturated rings. The third-order valence-corrected chi connectivity index (χ3v) is 7.18. The number of nitriles is 1. The second-order valence-corrected chi connectivity index (χ2v) is 9.56. The van der Waals surface area contributed by atoms with Crippen molar-refractivity contribution in [3.63, 3.8) is 0 Å². The molecule has 0 amide bonds. The third-order valence-electron chi connectivity index (χ3n) is 7.18. The summed E-state index contributed by atoms with van der Waals surface area (Å²) >= 11 is 0. The number of benzene rings is 1. The molecule has 26 heavy (non-hydrogen) atoms. The number of hydrogen-bond acceptors (Lipinski definition) is 3. The average Bonchev–Trinajstić information content (AvgIpc) is 3.04. The van der Waals surface area contributed by atoms with Gasteiger partial charge in [0.1, 0.15) is 0 Å². The van der Waals surface area contributed by atoms with Crippen LogP contribution in [0.15, 0.2) is 30.3 Å². The van der Waals surface area contributed by atoms with E-state index in [0.717, 1.165) is 13.0 Å². The second kappa shape index (κ2) is 7.33. The van der Waals surface area contributed by atoms with Gasteiger partial charge in [-0.1, -0.05) is 30.3 Å². The van der Waals surface area contributed by atoms with E-state index in [-0.39, 0.29) is 11.0 Å². The van der Waals surface area contributed by atoms with Crippen LogP contribution in [-0.4, -0.2) is 43.5 Å². The second-order valence-electron chi connectivity index (χ2n) is 9.56. The van der Waals surface area contributed by atoms with Crippen LogP contribution in [0.3, 0.4) is 0 Å². The van der Waals surface area contributed by atoms with E-state index in [2.05, 4.69) is 74.1 Å². The first-order valence-electron chi connectivity index (χ1n) is 10.2. The molecule has 0 radical (unpaired) electrons. The van der Waals surface area contributed by atoms with Crippen LogP contribution in [0.2, 0.25) is 0 Å². The van der Waals surface area contributed by atoms with E-state index < -0.39 is 0 Å². The van der Waals surface area contributed by atoms with Gasteiger partial charge in [-0.25, -0.2) is 0 Å². The van der Waals surface area contributed by atoms with Gasteiger partial charge >= 0.3 is 0 Å². The van der Waals surface area contributed by atoms with Gasteiger partial charge in [0.05, 0.1) is 11.5 Å². The van der Waals surface area contributed by atoms with Crippen molar-refractivity contribution in [2.24, 2.45) is 10.8 Å². The Labute approximate surface area is 160 Å². The molecule has 3 heteroatoms. The van der Waals surface area contributed by atoms with Gasteiger partial charge in [0.2, 0.25) is 0 Å². The van der Waals surface area contributed by atoms with E-state index in [9.17, 15) is 5.26 Å². The molecule has 2 aliphatic rings. The van der Waals surface area contributed by atoms with E-state index in [1.165, 1.54) is 50.8 Å². The SMILES string of the molecule is CN(C)C1(c2ccccc2)CCC2(CCN(CCC(C)(C)C#N)C2)CC1. The lowest BCUT2D eigenvalue weighted by molar-refractivity contribution is 0.0379. The minimum atomic E-state index is -0.199. The number of rotatable bonds is 5. The maximum absolute atomic E-state index is 9.25. The Morgan fingerprint density at radius 1 is 1.08 bits per heavy atom. The Morgan fingerprint density at radius 2 is 1.73 bits per heavy atom. The molecule has 1 aliphatic carbocycles. The van der Waals surface area contributed by atoms with Crippen LogP contribution in [0.25, 0.3) is 0 Å². The third kappa shape index (κ3) is 3.82. The highest BCUT2D eigenvalue weighted by atomic mass is 15.2. The lowest BCUT2D eigenvalue weighted by Crippen LogP contribution is -2.47. The summed E-state index contributed by atoms with van der Waals surface area (Å²) in [5.74, 6) is 0. The van der Waals surface area contributed by atoms with Gasteiger partial charge in [0.15, 0.2) is 0 Å². The smallest absolute Gasteiger partial charge is 0.0684 e. The molecule has 0 N–H and O–H groups in total. The summed E-state index contributed by atoms with van der Waals surface area (Å²) in [5.41, 5.74) is 1.98. The molecule has 0 bridgehead atoms. The fourth-order valence-electron chi connectivity index (χ4n) is 5.06. The van der Waals surface area contributed by atoms with Crippen molar-refractivity contribution in [1.29, 1.82) is 5.26 Å². The summed E-state index contributed by atoms with van der Waals surface area (Å²) in [5, 5.41) is 9.25.